The smallest absolute Gasteiger partial charge is 0.418 e. The van der Waals surface area contributed by atoms with Crippen molar-refractivity contribution < 1.29 is 17.9 Å². The van der Waals surface area contributed by atoms with Crippen LogP contribution in [0, 0.1) is 6.92 Å². The fraction of sp³-hybridized carbons (Fsp3) is 0.448. The summed E-state index contributed by atoms with van der Waals surface area (Å²) in [5.74, 6) is 0.832. The normalized spacial score (nSPS) is 17.5. The number of nitrogens with one attached hydrogen (secondary N) is 2. The summed E-state index contributed by atoms with van der Waals surface area (Å²) < 4.78 is 46.2. The third kappa shape index (κ3) is 6.79. The second-order valence-corrected chi connectivity index (χ2v) is 11.0. The summed E-state index contributed by atoms with van der Waals surface area (Å²) in [4.78, 5) is 16.0. The molecule has 0 radical (unpaired) electrons. The van der Waals surface area contributed by atoms with Crippen LogP contribution in [0.15, 0.2) is 42.6 Å². The minimum absolute atomic E-state index is 0.0522. The van der Waals surface area contributed by atoms with E-state index in [1.807, 2.05) is 12.1 Å². The molecule has 3 aromatic rings. The van der Waals surface area contributed by atoms with Gasteiger partial charge in [-0.1, -0.05) is 23.7 Å². The molecule has 0 spiro atoms. The molecule has 1 aromatic heterocycles. The van der Waals surface area contributed by atoms with Crippen LogP contribution in [-0.4, -0.2) is 79.2 Å². The number of anilines is 5. The van der Waals surface area contributed by atoms with E-state index in [0.29, 0.717) is 17.5 Å². The summed E-state index contributed by atoms with van der Waals surface area (Å²) in [6, 6.07) is 9.78. The van der Waals surface area contributed by atoms with Gasteiger partial charge in [0.2, 0.25) is 5.95 Å². The van der Waals surface area contributed by atoms with Gasteiger partial charge in [0.05, 0.1) is 30.2 Å². The number of halogens is 4. The van der Waals surface area contributed by atoms with E-state index >= 15 is 0 Å². The molecule has 2 N–H and O–H groups in total. The van der Waals surface area contributed by atoms with Gasteiger partial charge in [0, 0.05) is 57.1 Å². The Labute approximate surface area is 243 Å². The van der Waals surface area contributed by atoms with Crippen molar-refractivity contribution in [1.29, 1.82) is 0 Å². The van der Waals surface area contributed by atoms with Crippen molar-refractivity contribution in [2.45, 2.75) is 32.0 Å². The highest BCUT2D eigenvalue weighted by Gasteiger charge is 2.33. The Balaban J connectivity index is 1.30. The fourth-order valence-electron chi connectivity index (χ4n) is 5.55. The lowest BCUT2D eigenvalue weighted by Crippen LogP contribution is -2.52. The van der Waals surface area contributed by atoms with Crippen LogP contribution in [0.4, 0.5) is 42.0 Å². The number of aryl methyl sites for hydroxylation is 1. The molecule has 5 rings (SSSR count). The number of para-hydroxylation sites is 1. The van der Waals surface area contributed by atoms with E-state index in [-0.39, 0.29) is 22.5 Å². The third-order valence-electron chi connectivity index (χ3n) is 7.85. The van der Waals surface area contributed by atoms with Crippen LogP contribution >= 0.6 is 11.6 Å². The number of benzene rings is 2. The van der Waals surface area contributed by atoms with E-state index in [0.717, 1.165) is 69.4 Å². The van der Waals surface area contributed by atoms with Crippen LogP contribution in [0.1, 0.15) is 24.0 Å². The zero-order valence-corrected chi connectivity index (χ0v) is 24.2. The van der Waals surface area contributed by atoms with Gasteiger partial charge >= 0.3 is 6.18 Å². The molecule has 2 fully saturated rings. The second-order valence-electron chi connectivity index (χ2n) is 10.6. The number of piperidine rings is 1. The Morgan fingerprint density at radius 2 is 1.68 bits per heavy atom. The quantitative estimate of drug-likeness (QED) is 0.339. The SMILES string of the molecule is COc1cc(N2CCC(N3CCN(C)CC3)CC2)c(C)cc1Nc1ncc(Cl)c(Nc2ccccc2C(F)(F)F)n1. The predicted molar refractivity (Wildman–Crippen MR) is 157 cm³/mol. The highest BCUT2D eigenvalue weighted by molar-refractivity contribution is 6.32. The van der Waals surface area contributed by atoms with Crippen molar-refractivity contribution in [3.8, 4) is 5.75 Å². The largest absolute Gasteiger partial charge is 0.494 e. The molecular weight excluding hydrogens is 555 g/mol. The summed E-state index contributed by atoms with van der Waals surface area (Å²) >= 11 is 6.24. The minimum Gasteiger partial charge on any atom is -0.494 e. The molecule has 2 aromatic carbocycles. The molecule has 3 heterocycles. The van der Waals surface area contributed by atoms with Crippen LogP contribution in [-0.2, 0) is 6.18 Å². The molecule has 220 valence electrons. The number of hydrogen-bond donors (Lipinski definition) is 2. The lowest BCUT2D eigenvalue weighted by Gasteiger charge is -2.43. The number of alkyl halides is 3. The van der Waals surface area contributed by atoms with Crippen molar-refractivity contribution in [3.63, 3.8) is 0 Å². The monoisotopic (exact) mass is 589 g/mol. The van der Waals surface area contributed by atoms with Gasteiger partial charge in [-0.05, 0) is 50.6 Å². The first-order chi connectivity index (χ1) is 19.6. The van der Waals surface area contributed by atoms with Crippen molar-refractivity contribution in [1.82, 2.24) is 19.8 Å². The minimum atomic E-state index is -4.53. The Morgan fingerprint density at radius 1 is 0.976 bits per heavy atom. The van der Waals surface area contributed by atoms with Crippen LogP contribution < -0.4 is 20.3 Å². The molecule has 0 unspecified atom stereocenters. The molecule has 12 heteroatoms. The van der Waals surface area contributed by atoms with Crippen LogP contribution in [0.5, 0.6) is 5.75 Å². The van der Waals surface area contributed by atoms with E-state index < -0.39 is 11.7 Å². The van der Waals surface area contributed by atoms with Crippen LogP contribution in [0.25, 0.3) is 0 Å². The molecule has 0 bridgehead atoms. The average Bonchev–Trinajstić information content (AvgIpc) is 2.95. The summed E-state index contributed by atoms with van der Waals surface area (Å²) in [6.45, 7) is 8.52. The summed E-state index contributed by atoms with van der Waals surface area (Å²) in [6.07, 6.45) is -0.945. The number of likely N-dealkylation sites (N-methyl/N-ethyl adjacent to an activating group) is 1. The molecule has 2 aliphatic rings. The molecule has 0 atom stereocenters. The Kier molecular flexibility index (Phi) is 8.77. The van der Waals surface area contributed by atoms with Gasteiger partial charge in [0.25, 0.3) is 0 Å². The average molecular weight is 590 g/mol. The maximum Gasteiger partial charge on any atom is 0.418 e. The maximum atomic E-state index is 13.5. The van der Waals surface area contributed by atoms with Crippen LogP contribution in [0.3, 0.4) is 0 Å². The predicted octanol–water partition coefficient (Wildman–Crippen LogP) is 6.17. The number of methoxy groups -OCH3 is 1. The van der Waals surface area contributed by atoms with Gasteiger partial charge in [0.1, 0.15) is 10.8 Å². The highest BCUT2D eigenvalue weighted by Crippen LogP contribution is 2.38. The number of rotatable bonds is 7. The number of ether oxygens (including phenoxy) is 1. The van der Waals surface area contributed by atoms with E-state index in [9.17, 15) is 13.2 Å². The van der Waals surface area contributed by atoms with Gasteiger partial charge in [0.15, 0.2) is 5.82 Å². The Morgan fingerprint density at radius 3 is 2.37 bits per heavy atom. The third-order valence-corrected chi connectivity index (χ3v) is 8.13. The van der Waals surface area contributed by atoms with Gasteiger partial charge in [-0.15, -0.1) is 0 Å². The molecule has 41 heavy (non-hydrogen) atoms. The van der Waals surface area contributed by atoms with Gasteiger partial charge in [-0.25, -0.2) is 4.98 Å². The molecule has 0 amide bonds. The first kappa shape index (κ1) is 29.2. The molecule has 2 saturated heterocycles. The maximum absolute atomic E-state index is 13.5. The lowest BCUT2D eigenvalue weighted by atomic mass is 10.0. The molecule has 0 aliphatic carbocycles. The Bertz CT molecular complexity index is 1360. The number of nitrogens with zero attached hydrogens (tertiary/aromatic N) is 5. The first-order valence-electron chi connectivity index (χ1n) is 13.7. The highest BCUT2D eigenvalue weighted by atomic mass is 35.5. The summed E-state index contributed by atoms with van der Waals surface area (Å²) in [7, 11) is 3.78. The Hall–Kier alpha value is -3.28. The lowest BCUT2D eigenvalue weighted by molar-refractivity contribution is -0.136. The van der Waals surface area contributed by atoms with Crippen molar-refractivity contribution >= 4 is 40.4 Å². The van der Waals surface area contributed by atoms with Gasteiger partial charge < -0.3 is 25.2 Å². The first-order valence-corrected chi connectivity index (χ1v) is 14.1. The number of hydrogen-bond acceptors (Lipinski definition) is 8. The van der Waals surface area contributed by atoms with E-state index in [2.05, 4.69) is 49.3 Å². The van der Waals surface area contributed by atoms with E-state index in [1.165, 1.54) is 24.4 Å². The molecular formula is C29H35ClF3N7O. The summed E-state index contributed by atoms with van der Waals surface area (Å²) in [5, 5.41) is 5.95. The number of piperazine rings is 1. The number of aromatic nitrogens is 2. The van der Waals surface area contributed by atoms with Crippen molar-refractivity contribution in [2.75, 3.05) is 69.0 Å². The zero-order valence-electron chi connectivity index (χ0n) is 23.4. The van der Waals surface area contributed by atoms with E-state index in [1.54, 1.807) is 7.11 Å². The van der Waals surface area contributed by atoms with E-state index in [4.69, 9.17) is 16.3 Å². The second kappa shape index (κ2) is 12.3. The van der Waals surface area contributed by atoms with Gasteiger partial charge in [-0.3, -0.25) is 4.90 Å². The van der Waals surface area contributed by atoms with Gasteiger partial charge in [-0.2, -0.15) is 18.2 Å². The summed E-state index contributed by atoms with van der Waals surface area (Å²) in [5.41, 5.74) is 1.86. The molecule has 2 aliphatic heterocycles. The van der Waals surface area contributed by atoms with Crippen molar-refractivity contribution in [3.05, 3.63) is 58.7 Å². The molecule has 8 nitrogen and oxygen atoms in total. The van der Waals surface area contributed by atoms with Crippen molar-refractivity contribution in [2.24, 2.45) is 0 Å². The zero-order chi connectivity index (χ0) is 29.1. The molecule has 0 saturated carbocycles. The standard InChI is InChI=1S/C29H35ClF3N7O/c1-19-16-24(26(41-3)17-25(19)40-10-8-20(9-11-40)39-14-12-38(2)13-15-39)36-28-34-18-22(30)27(37-28)35-23-7-5-4-6-21(23)29(31,32)33/h4-7,16-18,20H,8-15H2,1-3H3,(H2,34,35,36,37). The van der Waals surface area contributed by atoms with Crippen LogP contribution in [0.2, 0.25) is 5.02 Å². The fourth-order valence-corrected chi connectivity index (χ4v) is 5.68. The topological polar surface area (TPSA) is 68.8 Å².